The molecule has 0 radical (unpaired) electrons. The van der Waals surface area contributed by atoms with Gasteiger partial charge in [0.2, 0.25) is 0 Å². The SMILES string of the molecule is C=CCOc1cc(N2C(=O)C3CCCCN3C2=O)c(F)cc1C. The number of hydrogen-bond donors (Lipinski definition) is 0. The lowest BCUT2D eigenvalue weighted by Crippen LogP contribution is -2.39. The van der Waals surface area contributed by atoms with Crippen LogP contribution in [0.4, 0.5) is 14.9 Å². The third-order valence-electron chi connectivity index (χ3n) is 4.29. The lowest BCUT2D eigenvalue weighted by molar-refractivity contribution is -0.120. The van der Waals surface area contributed by atoms with Gasteiger partial charge in [-0.1, -0.05) is 12.7 Å². The first kappa shape index (κ1) is 15.5. The molecular formula is C17H19FN2O3. The molecule has 0 saturated carbocycles. The molecular weight excluding hydrogens is 299 g/mol. The molecule has 2 aliphatic rings. The summed E-state index contributed by atoms with van der Waals surface area (Å²) in [5, 5.41) is 0. The monoisotopic (exact) mass is 318 g/mol. The summed E-state index contributed by atoms with van der Waals surface area (Å²) in [5.74, 6) is -0.520. The number of hydrogen-bond acceptors (Lipinski definition) is 3. The van der Waals surface area contributed by atoms with Crippen LogP contribution in [0.15, 0.2) is 24.8 Å². The van der Waals surface area contributed by atoms with Crippen molar-refractivity contribution in [2.45, 2.75) is 32.2 Å². The van der Waals surface area contributed by atoms with Crippen molar-refractivity contribution in [3.05, 3.63) is 36.2 Å². The zero-order valence-corrected chi connectivity index (χ0v) is 13.0. The Morgan fingerprint density at radius 3 is 2.87 bits per heavy atom. The van der Waals surface area contributed by atoms with Gasteiger partial charge >= 0.3 is 6.03 Å². The van der Waals surface area contributed by atoms with Gasteiger partial charge < -0.3 is 9.64 Å². The summed E-state index contributed by atoms with van der Waals surface area (Å²) in [6.07, 6.45) is 3.98. The summed E-state index contributed by atoms with van der Waals surface area (Å²) in [7, 11) is 0. The van der Waals surface area contributed by atoms with E-state index in [0.717, 1.165) is 17.7 Å². The fourth-order valence-corrected chi connectivity index (χ4v) is 3.13. The zero-order chi connectivity index (χ0) is 16.6. The maximum absolute atomic E-state index is 14.4. The standard InChI is InChI=1S/C17H19FN2O3/c1-3-8-23-15-10-14(12(18)9-11(15)2)20-16(21)13-6-4-5-7-19(13)17(20)22/h3,9-10,13H,1,4-8H2,2H3. The van der Waals surface area contributed by atoms with E-state index in [4.69, 9.17) is 4.74 Å². The van der Waals surface area contributed by atoms with Gasteiger partial charge in [0.05, 0.1) is 5.69 Å². The Morgan fingerprint density at radius 2 is 2.17 bits per heavy atom. The topological polar surface area (TPSA) is 49.9 Å². The summed E-state index contributed by atoms with van der Waals surface area (Å²) in [6.45, 7) is 6.09. The van der Waals surface area contributed by atoms with E-state index in [2.05, 4.69) is 6.58 Å². The number of fused-ring (bicyclic) bond motifs is 1. The quantitative estimate of drug-likeness (QED) is 0.633. The van der Waals surface area contributed by atoms with Crippen LogP contribution < -0.4 is 9.64 Å². The second-order valence-corrected chi connectivity index (χ2v) is 5.83. The molecule has 0 aromatic heterocycles. The molecule has 2 aliphatic heterocycles. The van der Waals surface area contributed by atoms with Gasteiger partial charge in [-0.05, 0) is 37.8 Å². The zero-order valence-electron chi connectivity index (χ0n) is 13.0. The number of rotatable bonds is 4. The van der Waals surface area contributed by atoms with Gasteiger partial charge in [-0.2, -0.15) is 0 Å². The van der Waals surface area contributed by atoms with E-state index >= 15 is 0 Å². The van der Waals surface area contributed by atoms with Crippen molar-refractivity contribution in [3.8, 4) is 5.75 Å². The number of benzene rings is 1. The molecule has 2 fully saturated rings. The fourth-order valence-electron chi connectivity index (χ4n) is 3.13. The second kappa shape index (κ2) is 6.02. The number of imide groups is 1. The molecule has 1 aromatic carbocycles. The summed E-state index contributed by atoms with van der Waals surface area (Å²) in [5.41, 5.74) is 0.559. The first-order valence-corrected chi connectivity index (χ1v) is 7.73. The highest BCUT2D eigenvalue weighted by Gasteiger charge is 2.47. The van der Waals surface area contributed by atoms with Gasteiger partial charge in [-0.3, -0.25) is 4.79 Å². The highest BCUT2D eigenvalue weighted by molar-refractivity contribution is 6.21. The molecule has 23 heavy (non-hydrogen) atoms. The smallest absolute Gasteiger partial charge is 0.332 e. The van der Waals surface area contributed by atoms with Crippen LogP contribution in [0.3, 0.4) is 0 Å². The van der Waals surface area contributed by atoms with Crippen molar-refractivity contribution in [1.82, 2.24) is 4.90 Å². The lowest BCUT2D eigenvalue weighted by Gasteiger charge is -2.26. The molecule has 0 spiro atoms. The van der Waals surface area contributed by atoms with Gasteiger partial charge in [-0.25, -0.2) is 14.1 Å². The maximum Gasteiger partial charge on any atom is 0.332 e. The van der Waals surface area contributed by atoms with E-state index in [9.17, 15) is 14.0 Å². The van der Waals surface area contributed by atoms with Crippen molar-refractivity contribution in [2.24, 2.45) is 0 Å². The number of amides is 3. The molecule has 3 amide bonds. The molecule has 5 nitrogen and oxygen atoms in total. The summed E-state index contributed by atoms with van der Waals surface area (Å²) in [4.78, 5) is 27.6. The van der Waals surface area contributed by atoms with Crippen molar-refractivity contribution >= 4 is 17.6 Å². The minimum atomic E-state index is -0.602. The van der Waals surface area contributed by atoms with Crippen LogP contribution in [0, 0.1) is 12.7 Å². The van der Waals surface area contributed by atoms with E-state index < -0.39 is 17.9 Å². The number of piperidine rings is 1. The predicted molar refractivity (Wildman–Crippen MR) is 84.1 cm³/mol. The molecule has 0 N–H and O–H groups in total. The molecule has 2 saturated heterocycles. The van der Waals surface area contributed by atoms with E-state index in [1.165, 1.54) is 17.0 Å². The molecule has 3 rings (SSSR count). The van der Waals surface area contributed by atoms with Crippen LogP contribution in [0.5, 0.6) is 5.75 Å². The van der Waals surface area contributed by atoms with Crippen LogP contribution in [0.1, 0.15) is 24.8 Å². The first-order valence-electron chi connectivity index (χ1n) is 7.73. The largest absolute Gasteiger partial charge is 0.489 e. The van der Waals surface area contributed by atoms with Crippen LogP contribution in [0.25, 0.3) is 0 Å². The average molecular weight is 318 g/mol. The van der Waals surface area contributed by atoms with E-state index in [1.807, 2.05) is 0 Å². The number of aryl methyl sites for hydroxylation is 1. The summed E-state index contributed by atoms with van der Waals surface area (Å²) >= 11 is 0. The van der Waals surface area contributed by atoms with E-state index in [-0.39, 0.29) is 18.2 Å². The van der Waals surface area contributed by atoms with Gasteiger partial charge in [0.25, 0.3) is 5.91 Å². The molecule has 2 heterocycles. The molecule has 6 heteroatoms. The number of carbonyl (C=O) groups excluding carboxylic acids is 2. The van der Waals surface area contributed by atoms with Gasteiger partial charge in [0.1, 0.15) is 24.2 Å². The number of nitrogens with zero attached hydrogens (tertiary/aromatic N) is 2. The number of halogens is 1. The average Bonchev–Trinajstić information content (AvgIpc) is 2.79. The van der Waals surface area contributed by atoms with Gasteiger partial charge in [-0.15, -0.1) is 0 Å². The molecule has 122 valence electrons. The van der Waals surface area contributed by atoms with Crippen molar-refractivity contribution in [2.75, 3.05) is 18.1 Å². The molecule has 1 atom stereocenters. The number of carbonyl (C=O) groups is 2. The molecule has 1 unspecified atom stereocenters. The van der Waals surface area contributed by atoms with E-state index in [1.54, 1.807) is 13.0 Å². The number of anilines is 1. The molecule has 1 aromatic rings. The van der Waals surface area contributed by atoms with Crippen molar-refractivity contribution in [3.63, 3.8) is 0 Å². The highest BCUT2D eigenvalue weighted by atomic mass is 19.1. The van der Waals surface area contributed by atoms with Crippen LogP contribution in [0.2, 0.25) is 0 Å². The Bertz CT molecular complexity index is 650. The first-order chi connectivity index (χ1) is 11.0. The molecule has 0 bridgehead atoms. The fraction of sp³-hybridized carbons (Fsp3) is 0.412. The third-order valence-corrected chi connectivity index (χ3v) is 4.29. The third kappa shape index (κ3) is 2.58. The Balaban J connectivity index is 1.98. The summed E-state index contributed by atoms with van der Waals surface area (Å²) in [6, 6.07) is 1.79. The Kier molecular flexibility index (Phi) is 4.07. The van der Waals surface area contributed by atoms with Crippen LogP contribution >= 0.6 is 0 Å². The van der Waals surface area contributed by atoms with Gasteiger partial charge in [0, 0.05) is 12.6 Å². The molecule has 0 aliphatic carbocycles. The summed E-state index contributed by atoms with van der Waals surface area (Å²) < 4.78 is 19.9. The van der Waals surface area contributed by atoms with Crippen molar-refractivity contribution < 1.29 is 18.7 Å². The minimum absolute atomic E-state index is 0.0425. The lowest BCUT2D eigenvalue weighted by atomic mass is 10.0. The van der Waals surface area contributed by atoms with Crippen LogP contribution in [-0.2, 0) is 4.79 Å². The van der Waals surface area contributed by atoms with Crippen LogP contribution in [-0.4, -0.2) is 36.0 Å². The Labute approximate surface area is 134 Å². The van der Waals surface area contributed by atoms with Crippen molar-refractivity contribution in [1.29, 1.82) is 0 Å². The maximum atomic E-state index is 14.4. The second-order valence-electron chi connectivity index (χ2n) is 5.83. The Hall–Kier alpha value is -2.37. The predicted octanol–water partition coefficient (Wildman–Crippen LogP) is 3.02. The minimum Gasteiger partial charge on any atom is -0.489 e. The van der Waals surface area contributed by atoms with E-state index in [0.29, 0.717) is 24.3 Å². The Morgan fingerprint density at radius 1 is 1.39 bits per heavy atom. The van der Waals surface area contributed by atoms with Gasteiger partial charge in [0.15, 0.2) is 0 Å². The highest BCUT2D eigenvalue weighted by Crippen LogP contribution is 2.35. The normalized spacial score (nSPS) is 20.7. The number of urea groups is 1. The number of ether oxygens (including phenoxy) is 1.